The van der Waals surface area contributed by atoms with Crippen LogP contribution in [0.3, 0.4) is 0 Å². The molecular formula is C36H46N2O5. The highest BCUT2D eigenvalue weighted by Crippen LogP contribution is 2.48. The number of aromatic hydroxyl groups is 1. The van der Waals surface area contributed by atoms with Gasteiger partial charge in [0.2, 0.25) is 11.8 Å². The lowest BCUT2D eigenvalue weighted by molar-refractivity contribution is -0.144. The second-order valence-corrected chi connectivity index (χ2v) is 12.4. The molecule has 5 rings (SSSR count). The number of likely N-dealkylation sites (tertiary alicyclic amines) is 2. The number of allylic oxidation sites excluding steroid dienone is 2. The average molecular weight is 587 g/mol. The van der Waals surface area contributed by atoms with Gasteiger partial charge in [-0.2, -0.15) is 0 Å². The normalized spacial score (nSPS) is 24.5. The highest BCUT2D eigenvalue weighted by Gasteiger charge is 2.56. The largest absolute Gasteiger partial charge is 0.508 e. The zero-order valence-corrected chi connectivity index (χ0v) is 25.5. The van der Waals surface area contributed by atoms with Crippen LogP contribution >= 0.6 is 0 Å². The van der Waals surface area contributed by atoms with Crippen molar-refractivity contribution in [2.24, 2.45) is 17.8 Å². The Labute approximate surface area is 255 Å². The van der Waals surface area contributed by atoms with E-state index in [-0.39, 0.29) is 30.2 Å². The fraction of sp³-hybridized carbons (Fsp3) is 0.500. The Morgan fingerprint density at radius 3 is 2.33 bits per heavy atom. The minimum atomic E-state index is -0.791. The van der Waals surface area contributed by atoms with Crippen molar-refractivity contribution in [1.82, 2.24) is 9.80 Å². The Kier molecular flexibility index (Phi) is 10.2. The molecule has 43 heavy (non-hydrogen) atoms. The van der Waals surface area contributed by atoms with Crippen LogP contribution in [0.1, 0.15) is 69.9 Å². The predicted octanol–water partition coefficient (Wildman–Crippen LogP) is 5.31. The van der Waals surface area contributed by atoms with Gasteiger partial charge < -0.3 is 15.3 Å². The summed E-state index contributed by atoms with van der Waals surface area (Å²) in [5.41, 5.74) is 5.21. The van der Waals surface area contributed by atoms with Crippen LogP contribution in [-0.2, 0) is 16.1 Å². The van der Waals surface area contributed by atoms with Gasteiger partial charge in [0, 0.05) is 31.6 Å². The third-order valence-electron chi connectivity index (χ3n) is 9.83. The summed E-state index contributed by atoms with van der Waals surface area (Å²) in [4.78, 5) is 31.6. The van der Waals surface area contributed by atoms with E-state index in [2.05, 4.69) is 30.0 Å². The van der Waals surface area contributed by atoms with Crippen molar-refractivity contribution in [3.05, 3.63) is 82.4 Å². The lowest BCUT2D eigenvalue weighted by Gasteiger charge is -2.37. The zero-order chi connectivity index (χ0) is 30.5. The third kappa shape index (κ3) is 6.79. The minimum Gasteiger partial charge on any atom is -0.508 e. The van der Waals surface area contributed by atoms with Crippen LogP contribution < -0.4 is 0 Å². The van der Waals surface area contributed by atoms with Crippen LogP contribution in [0.15, 0.2) is 71.3 Å². The molecule has 0 unspecified atom stereocenters. The molecule has 1 aliphatic carbocycles. The molecule has 230 valence electrons. The number of amides is 2. The van der Waals surface area contributed by atoms with E-state index in [1.54, 1.807) is 12.1 Å². The van der Waals surface area contributed by atoms with Crippen molar-refractivity contribution < 1.29 is 24.9 Å². The first kappa shape index (κ1) is 31.2. The van der Waals surface area contributed by atoms with Gasteiger partial charge in [0.1, 0.15) is 5.75 Å². The number of phenols is 1. The number of carbonyl (C=O) groups excluding carboxylic acids is 2. The van der Waals surface area contributed by atoms with E-state index >= 15 is 0 Å². The lowest BCUT2D eigenvalue weighted by atomic mass is 9.67. The number of carbonyl (C=O) groups is 2. The van der Waals surface area contributed by atoms with Gasteiger partial charge >= 0.3 is 0 Å². The molecule has 0 spiro atoms. The molecule has 2 fully saturated rings. The number of aliphatic hydroxyl groups excluding tert-OH is 2. The molecule has 0 saturated carbocycles. The van der Waals surface area contributed by atoms with Crippen LogP contribution in [0.2, 0.25) is 0 Å². The Bertz CT molecular complexity index is 1330. The lowest BCUT2D eigenvalue weighted by Crippen LogP contribution is -2.47. The van der Waals surface area contributed by atoms with Crippen LogP contribution in [0.4, 0.5) is 0 Å². The monoisotopic (exact) mass is 586 g/mol. The topological polar surface area (TPSA) is 101 Å². The quantitative estimate of drug-likeness (QED) is 0.244. The first-order chi connectivity index (χ1) is 20.8. The molecule has 2 aliphatic heterocycles. The van der Waals surface area contributed by atoms with Crippen molar-refractivity contribution in [2.75, 3.05) is 19.7 Å². The molecule has 2 aromatic carbocycles. The van der Waals surface area contributed by atoms with E-state index in [0.717, 1.165) is 55.6 Å². The van der Waals surface area contributed by atoms with Crippen LogP contribution in [-0.4, -0.2) is 68.8 Å². The summed E-state index contributed by atoms with van der Waals surface area (Å²) in [5, 5.41) is 31.7. The molecule has 3 aliphatic rings. The third-order valence-corrected chi connectivity index (χ3v) is 9.83. The summed E-state index contributed by atoms with van der Waals surface area (Å²) in [6.07, 6.45) is 5.94. The number of imide groups is 1. The Morgan fingerprint density at radius 1 is 1.00 bits per heavy atom. The molecule has 2 amide bonds. The first-order valence-electron chi connectivity index (χ1n) is 16.0. The number of hydrogen-bond donors (Lipinski definition) is 3. The molecule has 2 heterocycles. The van der Waals surface area contributed by atoms with Gasteiger partial charge in [0.15, 0.2) is 0 Å². The number of nitrogens with zero attached hydrogens (tertiary/aromatic N) is 2. The van der Waals surface area contributed by atoms with Gasteiger partial charge in [-0.3, -0.25) is 19.4 Å². The van der Waals surface area contributed by atoms with Gasteiger partial charge in [-0.05, 0) is 73.8 Å². The van der Waals surface area contributed by atoms with Crippen molar-refractivity contribution in [1.29, 1.82) is 0 Å². The van der Waals surface area contributed by atoms with Crippen LogP contribution in [0.25, 0.3) is 6.08 Å². The fourth-order valence-electron chi connectivity index (χ4n) is 7.49. The second-order valence-electron chi connectivity index (χ2n) is 12.4. The Balaban J connectivity index is 1.27. The minimum absolute atomic E-state index is 0.0976. The summed E-state index contributed by atoms with van der Waals surface area (Å²) in [7, 11) is 0. The predicted molar refractivity (Wildman–Crippen MR) is 168 cm³/mol. The second kappa shape index (κ2) is 14.0. The van der Waals surface area contributed by atoms with E-state index in [1.807, 2.05) is 37.3 Å². The maximum atomic E-state index is 13.9. The Morgan fingerprint density at radius 2 is 1.70 bits per heavy atom. The molecule has 0 aromatic heterocycles. The number of aliphatic hydroxyl groups is 2. The summed E-state index contributed by atoms with van der Waals surface area (Å²) in [6, 6.07) is 17.3. The molecule has 2 aromatic rings. The van der Waals surface area contributed by atoms with Gasteiger partial charge in [0.25, 0.3) is 0 Å². The van der Waals surface area contributed by atoms with Gasteiger partial charge in [0.05, 0.1) is 24.5 Å². The first-order valence-corrected chi connectivity index (χ1v) is 16.0. The highest BCUT2D eigenvalue weighted by molar-refractivity contribution is 6.06. The molecule has 3 N–H and O–H groups in total. The number of fused-ring (bicyclic) bond motifs is 1. The smallest absolute Gasteiger partial charge is 0.234 e. The van der Waals surface area contributed by atoms with Gasteiger partial charge in [-0.1, -0.05) is 73.5 Å². The summed E-state index contributed by atoms with van der Waals surface area (Å²) < 4.78 is 0. The van der Waals surface area contributed by atoms with E-state index in [0.29, 0.717) is 25.7 Å². The van der Waals surface area contributed by atoms with Gasteiger partial charge in [-0.15, -0.1) is 0 Å². The molecule has 7 nitrogen and oxygen atoms in total. The van der Waals surface area contributed by atoms with Crippen molar-refractivity contribution >= 4 is 17.9 Å². The molecule has 7 heteroatoms. The summed E-state index contributed by atoms with van der Waals surface area (Å²) in [6.45, 7) is 6.37. The maximum absolute atomic E-state index is 13.9. The van der Waals surface area contributed by atoms with Gasteiger partial charge in [-0.25, -0.2) is 0 Å². The number of piperidine rings is 1. The number of benzene rings is 2. The summed E-state index contributed by atoms with van der Waals surface area (Å²) >= 11 is 0. The van der Waals surface area contributed by atoms with E-state index in [4.69, 9.17) is 0 Å². The van der Waals surface area contributed by atoms with Crippen molar-refractivity contribution in [3.63, 3.8) is 0 Å². The molecule has 0 bridgehead atoms. The molecule has 0 radical (unpaired) electrons. The average Bonchev–Trinajstić information content (AvgIpc) is 3.28. The van der Waals surface area contributed by atoms with E-state index in [1.165, 1.54) is 16.0 Å². The van der Waals surface area contributed by atoms with E-state index < -0.39 is 23.9 Å². The van der Waals surface area contributed by atoms with Crippen LogP contribution in [0.5, 0.6) is 5.75 Å². The van der Waals surface area contributed by atoms with Crippen molar-refractivity contribution in [2.45, 2.75) is 77.5 Å². The molecule has 2 saturated heterocycles. The maximum Gasteiger partial charge on any atom is 0.234 e. The zero-order valence-electron chi connectivity index (χ0n) is 25.5. The SMILES string of the molecule is CCC1=C([C@H](O)CC/C(=C/c2ccc(O)cc2)CC)[C@H](CO)[C@@H]2C(=O)N(C3CCN(Cc4ccccc4)CC3)C(=O)[C@@H]2C1. The fourth-order valence-corrected chi connectivity index (χ4v) is 7.49. The molecule has 4 atom stereocenters. The number of phenolic OH excluding ortho intramolecular Hbond substituents is 1. The number of hydrogen-bond acceptors (Lipinski definition) is 6. The van der Waals surface area contributed by atoms with Crippen molar-refractivity contribution in [3.8, 4) is 5.75 Å². The Hall–Kier alpha value is -3.26. The highest BCUT2D eigenvalue weighted by atomic mass is 16.3. The van der Waals surface area contributed by atoms with Crippen LogP contribution in [0, 0.1) is 17.8 Å². The standard InChI is InChI=1S/C36H46N2O5/c1-3-24(20-25-10-13-29(40)14-11-25)12-15-32(41)33-27(4-2)21-30-34(31(33)23-39)36(43)38(35(30)42)28-16-18-37(19-17-28)22-26-8-6-5-7-9-26/h5-11,13-14,20,28,30-32,34,39-41H,3-4,12,15-19,21-23H2,1-2H3/b24-20+/t30-,31+,32-,34-/m1/s1. The number of rotatable bonds is 11. The molecular weight excluding hydrogens is 540 g/mol. The summed E-state index contributed by atoms with van der Waals surface area (Å²) in [5.74, 6) is -1.66. The van der Waals surface area contributed by atoms with E-state index in [9.17, 15) is 24.9 Å².